The van der Waals surface area contributed by atoms with Gasteiger partial charge in [-0.15, -0.1) is 24.0 Å². The van der Waals surface area contributed by atoms with Crippen molar-refractivity contribution in [2.24, 2.45) is 10.9 Å². The zero-order valence-corrected chi connectivity index (χ0v) is 19.5. The van der Waals surface area contributed by atoms with Crippen molar-refractivity contribution in [3.05, 3.63) is 0 Å². The summed E-state index contributed by atoms with van der Waals surface area (Å²) in [4.78, 5) is 4.18. The number of halogens is 4. The summed E-state index contributed by atoms with van der Waals surface area (Å²) in [6.45, 7) is 3.38. The predicted octanol–water partition coefficient (Wildman–Crippen LogP) is 2.62. The number of hydrogen-bond donors (Lipinski definition) is 2. The Morgan fingerprint density at radius 1 is 1.30 bits per heavy atom. The molecule has 12 heteroatoms. The molecule has 2 aliphatic heterocycles. The minimum atomic E-state index is -5.22. The first-order valence-corrected chi connectivity index (χ1v) is 11.1. The minimum absolute atomic E-state index is 0. The Hall–Kier alpha value is 0.0500. The molecule has 2 fully saturated rings. The molecule has 2 saturated heterocycles. The van der Waals surface area contributed by atoms with Crippen LogP contribution >= 0.6 is 35.7 Å². The van der Waals surface area contributed by atoms with Crippen LogP contribution in [0.1, 0.15) is 32.6 Å². The summed E-state index contributed by atoms with van der Waals surface area (Å²) in [5.74, 6) is 1.96. The lowest BCUT2D eigenvalue weighted by Crippen LogP contribution is -2.48. The van der Waals surface area contributed by atoms with E-state index in [0.29, 0.717) is 29.7 Å². The SMILES string of the molecule is CN=C(NCC1CCN(S(=O)(=O)C(F)(F)F)CC1)NCC1(C)CCCS1.I. The predicted molar refractivity (Wildman–Crippen MR) is 114 cm³/mol. The number of nitrogens with one attached hydrogen (secondary N) is 2. The molecule has 0 radical (unpaired) electrons. The molecule has 0 spiro atoms. The third-order valence-corrected chi connectivity index (χ3v) is 8.09. The molecule has 6 nitrogen and oxygen atoms in total. The number of hydrogen-bond acceptors (Lipinski definition) is 4. The van der Waals surface area contributed by atoms with Crippen molar-refractivity contribution in [1.29, 1.82) is 0 Å². The molecule has 0 aromatic heterocycles. The van der Waals surface area contributed by atoms with E-state index < -0.39 is 15.5 Å². The first-order chi connectivity index (χ1) is 12.1. The monoisotopic (exact) mass is 544 g/mol. The number of piperidine rings is 1. The van der Waals surface area contributed by atoms with Gasteiger partial charge < -0.3 is 10.6 Å². The van der Waals surface area contributed by atoms with Gasteiger partial charge in [0.1, 0.15) is 0 Å². The van der Waals surface area contributed by atoms with E-state index in [4.69, 9.17) is 0 Å². The summed E-state index contributed by atoms with van der Waals surface area (Å²) in [5.41, 5.74) is -5.22. The largest absolute Gasteiger partial charge is 0.511 e. The first kappa shape index (κ1) is 25.1. The van der Waals surface area contributed by atoms with Crippen molar-refractivity contribution < 1.29 is 21.6 Å². The van der Waals surface area contributed by atoms with Crippen LogP contribution in [0.3, 0.4) is 0 Å². The molecule has 0 saturated carbocycles. The van der Waals surface area contributed by atoms with Gasteiger partial charge in [-0.2, -0.15) is 29.2 Å². The van der Waals surface area contributed by atoms with Crippen LogP contribution in [0.2, 0.25) is 0 Å². The summed E-state index contributed by atoms with van der Waals surface area (Å²) < 4.78 is 61.4. The fourth-order valence-corrected chi connectivity index (χ4v) is 5.44. The van der Waals surface area contributed by atoms with Crippen molar-refractivity contribution in [1.82, 2.24) is 14.9 Å². The van der Waals surface area contributed by atoms with Gasteiger partial charge >= 0.3 is 15.5 Å². The quantitative estimate of drug-likeness (QED) is 0.317. The number of guanidine groups is 1. The molecular weight excluding hydrogens is 516 g/mol. The molecule has 0 bridgehead atoms. The van der Waals surface area contributed by atoms with Gasteiger partial charge in [0, 0.05) is 38.0 Å². The number of thioether (sulfide) groups is 1. The number of aliphatic imine (C=N–C) groups is 1. The molecule has 0 aliphatic carbocycles. The van der Waals surface area contributed by atoms with Crippen LogP contribution in [-0.4, -0.2) is 67.9 Å². The van der Waals surface area contributed by atoms with Gasteiger partial charge in [0.25, 0.3) is 0 Å². The first-order valence-electron chi connectivity index (χ1n) is 8.72. The van der Waals surface area contributed by atoms with Crippen LogP contribution in [0.15, 0.2) is 4.99 Å². The highest BCUT2D eigenvalue weighted by Crippen LogP contribution is 2.37. The van der Waals surface area contributed by atoms with E-state index in [1.54, 1.807) is 7.05 Å². The van der Waals surface area contributed by atoms with Gasteiger partial charge in [0.15, 0.2) is 5.96 Å². The topological polar surface area (TPSA) is 73.8 Å². The van der Waals surface area contributed by atoms with Gasteiger partial charge in [0.2, 0.25) is 0 Å². The molecule has 2 aliphatic rings. The highest BCUT2D eigenvalue weighted by molar-refractivity contribution is 14.0. The second-order valence-electron chi connectivity index (χ2n) is 7.00. The van der Waals surface area contributed by atoms with Crippen molar-refractivity contribution in [3.8, 4) is 0 Å². The Bertz CT molecular complexity index is 603. The zero-order chi connectivity index (χ0) is 19.4. The van der Waals surface area contributed by atoms with E-state index in [-0.39, 0.29) is 47.7 Å². The lowest BCUT2D eigenvalue weighted by atomic mass is 9.98. The van der Waals surface area contributed by atoms with Gasteiger partial charge in [-0.3, -0.25) is 4.99 Å². The van der Waals surface area contributed by atoms with E-state index in [0.717, 1.165) is 13.0 Å². The number of sulfonamides is 1. The van der Waals surface area contributed by atoms with Gasteiger partial charge in [0.05, 0.1) is 0 Å². The van der Waals surface area contributed by atoms with Crippen LogP contribution < -0.4 is 10.6 Å². The lowest BCUT2D eigenvalue weighted by molar-refractivity contribution is -0.0496. The van der Waals surface area contributed by atoms with E-state index in [1.165, 1.54) is 12.2 Å². The Kier molecular flexibility index (Phi) is 9.47. The molecule has 160 valence electrons. The second kappa shape index (κ2) is 10.2. The summed E-state index contributed by atoms with van der Waals surface area (Å²) >= 11 is 1.95. The van der Waals surface area contributed by atoms with Gasteiger partial charge in [-0.1, -0.05) is 0 Å². The molecule has 2 N–H and O–H groups in total. The van der Waals surface area contributed by atoms with Gasteiger partial charge in [-0.25, -0.2) is 8.42 Å². The molecule has 2 rings (SSSR count). The molecule has 1 unspecified atom stereocenters. The smallest absolute Gasteiger partial charge is 0.356 e. The lowest BCUT2D eigenvalue weighted by Gasteiger charge is -2.32. The maximum Gasteiger partial charge on any atom is 0.511 e. The highest BCUT2D eigenvalue weighted by atomic mass is 127. The van der Waals surface area contributed by atoms with Crippen LogP contribution in [0, 0.1) is 5.92 Å². The Morgan fingerprint density at radius 2 is 1.93 bits per heavy atom. The molecule has 2 heterocycles. The zero-order valence-electron chi connectivity index (χ0n) is 15.5. The summed E-state index contributed by atoms with van der Waals surface area (Å²) in [6.07, 6.45) is 3.17. The second-order valence-corrected chi connectivity index (χ2v) is 10.6. The average Bonchev–Trinajstić information content (AvgIpc) is 3.01. The molecule has 1 atom stereocenters. The van der Waals surface area contributed by atoms with E-state index in [2.05, 4.69) is 22.5 Å². The van der Waals surface area contributed by atoms with E-state index >= 15 is 0 Å². The molecular formula is C15H28F3IN4O2S2. The van der Waals surface area contributed by atoms with Crippen LogP contribution in [0.4, 0.5) is 13.2 Å². The fraction of sp³-hybridized carbons (Fsp3) is 0.933. The molecule has 0 aromatic rings. The van der Waals surface area contributed by atoms with Crippen molar-refractivity contribution >= 4 is 51.7 Å². The van der Waals surface area contributed by atoms with Crippen molar-refractivity contribution in [2.75, 3.05) is 39.0 Å². The van der Waals surface area contributed by atoms with E-state index in [1.807, 2.05) is 11.8 Å². The number of alkyl halides is 3. The molecule has 0 aromatic carbocycles. The highest BCUT2D eigenvalue weighted by Gasteiger charge is 2.50. The van der Waals surface area contributed by atoms with Crippen LogP contribution in [0.25, 0.3) is 0 Å². The number of rotatable bonds is 5. The van der Waals surface area contributed by atoms with Crippen molar-refractivity contribution in [3.63, 3.8) is 0 Å². The maximum absolute atomic E-state index is 12.6. The fourth-order valence-electron chi connectivity index (χ4n) is 3.21. The molecule has 27 heavy (non-hydrogen) atoms. The molecule has 0 amide bonds. The summed E-state index contributed by atoms with van der Waals surface area (Å²) in [5, 5.41) is 6.51. The summed E-state index contributed by atoms with van der Waals surface area (Å²) in [6, 6.07) is 0. The van der Waals surface area contributed by atoms with Gasteiger partial charge in [-0.05, 0) is 44.3 Å². The van der Waals surface area contributed by atoms with Crippen LogP contribution in [-0.2, 0) is 10.0 Å². The minimum Gasteiger partial charge on any atom is -0.356 e. The third kappa shape index (κ3) is 6.81. The Labute approximate surface area is 180 Å². The maximum atomic E-state index is 12.6. The standard InChI is InChI=1S/C15H27F3N4O2S2.HI/c1-14(6-3-9-25-14)11-21-13(19-2)20-10-12-4-7-22(8-5-12)26(23,24)15(16,17)18;/h12H,3-11H2,1-2H3,(H2,19,20,21);1H. The third-order valence-electron chi connectivity index (χ3n) is 4.92. The van der Waals surface area contributed by atoms with E-state index in [9.17, 15) is 21.6 Å². The normalized spacial score (nSPS) is 25.9. The van der Waals surface area contributed by atoms with Crippen LogP contribution in [0.5, 0.6) is 0 Å². The average molecular weight is 544 g/mol. The number of nitrogens with zero attached hydrogens (tertiary/aromatic N) is 2. The van der Waals surface area contributed by atoms with Crippen molar-refractivity contribution in [2.45, 2.75) is 42.9 Å². The Balaban J connectivity index is 0.00000364. The summed E-state index contributed by atoms with van der Waals surface area (Å²) in [7, 11) is -3.53. The Morgan fingerprint density at radius 3 is 2.41 bits per heavy atom.